The first-order valence-electron chi connectivity index (χ1n) is 8.84. The van der Waals surface area contributed by atoms with Gasteiger partial charge in [0.15, 0.2) is 0 Å². The van der Waals surface area contributed by atoms with Crippen LogP contribution in [0.2, 0.25) is 0 Å². The lowest BCUT2D eigenvalue weighted by Crippen LogP contribution is -2.45. The van der Waals surface area contributed by atoms with E-state index in [1.165, 1.54) is 31.8 Å². The van der Waals surface area contributed by atoms with Gasteiger partial charge in [-0.25, -0.2) is 4.79 Å². The Labute approximate surface area is 134 Å². The molecule has 0 aliphatic heterocycles. The highest BCUT2D eigenvalue weighted by molar-refractivity contribution is 5.80. The lowest BCUT2D eigenvalue weighted by molar-refractivity contribution is -0.131. The maximum atomic E-state index is 10.8. The number of carboxylic acid groups (broad SMARTS) is 1. The highest BCUT2D eigenvalue weighted by Crippen LogP contribution is 2.72. The molecule has 0 aromatic heterocycles. The molecule has 0 aromatic carbocycles. The molecule has 5 unspecified atom stereocenters. The molecule has 122 valence electrons. The molecule has 2 heteroatoms. The summed E-state index contributed by atoms with van der Waals surface area (Å²) < 4.78 is 0. The van der Waals surface area contributed by atoms with Gasteiger partial charge in [-0.2, -0.15) is 0 Å². The van der Waals surface area contributed by atoms with Crippen LogP contribution in [0.25, 0.3) is 0 Å². The molecule has 2 saturated carbocycles. The van der Waals surface area contributed by atoms with E-state index in [2.05, 4.69) is 26.8 Å². The smallest absolute Gasteiger partial charge is 0.328 e. The van der Waals surface area contributed by atoms with E-state index in [-0.39, 0.29) is 0 Å². The second-order valence-corrected chi connectivity index (χ2v) is 8.61. The monoisotopic (exact) mass is 302 g/mol. The Hall–Kier alpha value is -1.05. The van der Waals surface area contributed by atoms with Gasteiger partial charge in [0.25, 0.3) is 0 Å². The first-order valence-corrected chi connectivity index (χ1v) is 8.84. The highest BCUT2D eigenvalue weighted by atomic mass is 16.4. The van der Waals surface area contributed by atoms with Gasteiger partial charge < -0.3 is 5.11 Å². The van der Waals surface area contributed by atoms with Crippen molar-refractivity contribution >= 4 is 5.97 Å². The number of fused-ring (bicyclic) bond motifs is 3. The van der Waals surface area contributed by atoms with Crippen molar-refractivity contribution in [3.05, 3.63) is 23.3 Å². The molecule has 0 spiro atoms. The minimum Gasteiger partial charge on any atom is -0.478 e. The van der Waals surface area contributed by atoms with Crippen LogP contribution >= 0.6 is 0 Å². The summed E-state index contributed by atoms with van der Waals surface area (Å²) in [5, 5.41) is 8.90. The topological polar surface area (TPSA) is 37.3 Å². The predicted molar refractivity (Wildman–Crippen MR) is 89.5 cm³/mol. The van der Waals surface area contributed by atoms with E-state index in [0.29, 0.717) is 16.7 Å². The maximum Gasteiger partial charge on any atom is 0.328 e. The molecule has 0 aromatic rings. The SMILES string of the molecule is CC1=CCC2C3(C)CC3CCC2(C)C1CC/C(C)=C/C(=O)O. The minimum absolute atomic E-state index is 0.421. The molecule has 3 rings (SSSR count). The van der Waals surface area contributed by atoms with Crippen LogP contribution in [0.4, 0.5) is 0 Å². The van der Waals surface area contributed by atoms with Crippen LogP contribution < -0.4 is 0 Å². The van der Waals surface area contributed by atoms with Gasteiger partial charge in [0.1, 0.15) is 0 Å². The molecular formula is C20H30O2. The third kappa shape index (κ3) is 2.45. The van der Waals surface area contributed by atoms with Gasteiger partial charge in [0.2, 0.25) is 0 Å². The van der Waals surface area contributed by atoms with Crippen molar-refractivity contribution in [3.63, 3.8) is 0 Å². The molecule has 1 N–H and O–H groups in total. The van der Waals surface area contributed by atoms with E-state index >= 15 is 0 Å². The fraction of sp³-hybridized carbons (Fsp3) is 0.750. The third-order valence-corrected chi connectivity index (χ3v) is 7.30. The zero-order valence-corrected chi connectivity index (χ0v) is 14.5. The summed E-state index contributed by atoms with van der Waals surface area (Å²) >= 11 is 0. The molecule has 3 aliphatic carbocycles. The van der Waals surface area contributed by atoms with Gasteiger partial charge in [-0.3, -0.25) is 0 Å². The Bertz CT molecular complexity index is 544. The number of carbonyl (C=O) groups is 1. The maximum absolute atomic E-state index is 10.8. The molecule has 2 fully saturated rings. The molecule has 2 nitrogen and oxygen atoms in total. The summed E-state index contributed by atoms with van der Waals surface area (Å²) in [4.78, 5) is 10.8. The van der Waals surface area contributed by atoms with Crippen LogP contribution in [0, 0.1) is 28.6 Å². The van der Waals surface area contributed by atoms with Crippen molar-refractivity contribution < 1.29 is 9.90 Å². The average molecular weight is 302 g/mol. The fourth-order valence-corrected chi connectivity index (χ4v) is 5.88. The van der Waals surface area contributed by atoms with Crippen LogP contribution in [-0.4, -0.2) is 11.1 Å². The summed E-state index contributed by atoms with van der Waals surface area (Å²) in [6, 6.07) is 0. The molecule has 0 radical (unpaired) electrons. The van der Waals surface area contributed by atoms with Crippen LogP contribution in [0.3, 0.4) is 0 Å². The Morgan fingerprint density at radius 2 is 2.14 bits per heavy atom. The van der Waals surface area contributed by atoms with Gasteiger partial charge in [0.05, 0.1) is 0 Å². The molecule has 3 aliphatic rings. The molecular weight excluding hydrogens is 272 g/mol. The van der Waals surface area contributed by atoms with E-state index in [1.807, 2.05) is 6.92 Å². The van der Waals surface area contributed by atoms with Gasteiger partial charge in [0, 0.05) is 6.08 Å². The normalized spacial score (nSPS) is 43.9. The molecule has 0 bridgehead atoms. The van der Waals surface area contributed by atoms with Crippen molar-refractivity contribution in [2.45, 2.75) is 66.2 Å². The number of allylic oxidation sites excluding steroid dienone is 3. The summed E-state index contributed by atoms with van der Waals surface area (Å²) in [5.41, 5.74) is 3.56. The summed E-state index contributed by atoms with van der Waals surface area (Å²) in [6.45, 7) is 9.29. The Kier molecular flexibility index (Phi) is 3.78. The van der Waals surface area contributed by atoms with Crippen molar-refractivity contribution in [2.24, 2.45) is 28.6 Å². The quantitative estimate of drug-likeness (QED) is 0.572. The van der Waals surface area contributed by atoms with E-state index in [9.17, 15) is 4.79 Å². The molecule has 5 atom stereocenters. The zero-order chi connectivity index (χ0) is 16.1. The number of rotatable bonds is 4. The number of aliphatic carboxylic acids is 1. The van der Waals surface area contributed by atoms with Crippen molar-refractivity contribution in [1.82, 2.24) is 0 Å². The number of hydrogen-bond acceptors (Lipinski definition) is 1. The van der Waals surface area contributed by atoms with Crippen molar-refractivity contribution in [1.29, 1.82) is 0 Å². The Morgan fingerprint density at radius 1 is 1.41 bits per heavy atom. The first kappa shape index (κ1) is 15.8. The van der Waals surface area contributed by atoms with Crippen molar-refractivity contribution in [3.8, 4) is 0 Å². The molecule has 22 heavy (non-hydrogen) atoms. The zero-order valence-electron chi connectivity index (χ0n) is 14.5. The number of hydrogen-bond donors (Lipinski definition) is 1. The highest BCUT2D eigenvalue weighted by Gasteiger charge is 2.64. The fourth-order valence-electron chi connectivity index (χ4n) is 5.88. The van der Waals surface area contributed by atoms with Gasteiger partial charge in [-0.05, 0) is 81.0 Å². The number of carboxylic acids is 1. The van der Waals surface area contributed by atoms with Crippen LogP contribution in [0.5, 0.6) is 0 Å². The Balaban J connectivity index is 1.78. The standard InChI is InChI=1S/C20H30O2/c1-13(11-18(21)22)5-7-16-14(2)6-8-17-19(16,3)10-9-15-12-20(15,17)4/h6,11,15-17H,5,7-10,12H2,1-4H3,(H,21,22)/b13-11+. The average Bonchev–Trinajstić information content (AvgIpc) is 3.08. The molecule has 0 saturated heterocycles. The second kappa shape index (κ2) is 5.25. The van der Waals surface area contributed by atoms with E-state index in [4.69, 9.17) is 5.11 Å². The van der Waals surface area contributed by atoms with E-state index in [0.717, 1.165) is 30.3 Å². The minimum atomic E-state index is -0.816. The predicted octanol–water partition coefficient (Wildman–Crippen LogP) is 5.21. The summed E-state index contributed by atoms with van der Waals surface area (Å²) in [6.07, 6.45) is 11.3. The summed E-state index contributed by atoms with van der Waals surface area (Å²) in [7, 11) is 0. The van der Waals surface area contributed by atoms with E-state index < -0.39 is 5.97 Å². The van der Waals surface area contributed by atoms with Crippen molar-refractivity contribution in [2.75, 3.05) is 0 Å². The molecule has 0 amide bonds. The summed E-state index contributed by atoms with van der Waals surface area (Å²) in [5.74, 6) is 1.62. The molecule has 0 heterocycles. The third-order valence-electron chi connectivity index (χ3n) is 7.30. The Morgan fingerprint density at radius 3 is 2.82 bits per heavy atom. The first-order chi connectivity index (χ1) is 10.3. The van der Waals surface area contributed by atoms with Gasteiger partial charge >= 0.3 is 5.97 Å². The van der Waals surface area contributed by atoms with Crippen LogP contribution in [0.1, 0.15) is 66.2 Å². The lowest BCUT2D eigenvalue weighted by atomic mass is 9.52. The van der Waals surface area contributed by atoms with Gasteiger partial charge in [-0.15, -0.1) is 0 Å². The van der Waals surface area contributed by atoms with Gasteiger partial charge in [-0.1, -0.05) is 31.1 Å². The lowest BCUT2D eigenvalue weighted by Gasteiger charge is -2.53. The van der Waals surface area contributed by atoms with Crippen LogP contribution in [-0.2, 0) is 4.79 Å². The largest absolute Gasteiger partial charge is 0.478 e. The second-order valence-electron chi connectivity index (χ2n) is 8.61. The van der Waals surface area contributed by atoms with E-state index in [1.54, 1.807) is 5.57 Å². The van der Waals surface area contributed by atoms with Crippen LogP contribution in [0.15, 0.2) is 23.3 Å².